The summed E-state index contributed by atoms with van der Waals surface area (Å²) >= 11 is 0. The smallest absolute Gasteiger partial charge is 0.323 e. The molecule has 3 unspecified atom stereocenters. The summed E-state index contributed by atoms with van der Waals surface area (Å²) in [6.07, 6.45) is -0.0734. The number of likely N-dealkylation sites (N-methyl/N-ethyl adjacent to an activating group) is 1. The van der Waals surface area contributed by atoms with E-state index in [0.717, 1.165) is 5.56 Å². The highest BCUT2D eigenvalue weighted by molar-refractivity contribution is 6.01. The molecule has 2 aromatic carbocycles. The maximum atomic E-state index is 12.8. The molecule has 37 heavy (non-hydrogen) atoms. The molecule has 0 radical (unpaired) electrons. The van der Waals surface area contributed by atoms with Crippen molar-refractivity contribution in [1.29, 1.82) is 0 Å². The van der Waals surface area contributed by atoms with Crippen LogP contribution in [-0.2, 0) is 20.7 Å². The number of carbonyl (C=O) groups excluding carboxylic acids is 2. The fourth-order valence-corrected chi connectivity index (χ4v) is 3.84. The lowest BCUT2D eigenvalue weighted by molar-refractivity contribution is -0.138. The van der Waals surface area contributed by atoms with Crippen LogP contribution in [0.15, 0.2) is 47.5 Å². The van der Waals surface area contributed by atoms with Gasteiger partial charge in [0, 0.05) is 12.7 Å². The van der Waals surface area contributed by atoms with Crippen molar-refractivity contribution in [3.63, 3.8) is 0 Å². The Kier molecular flexibility index (Phi) is 9.07. The van der Waals surface area contributed by atoms with Gasteiger partial charge in [0.05, 0.1) is 31.8 Å². The number of carboxylic acids is 1. The monoisotopic (exact) mass is 511 g/mol. The van der Waals surface area contributed by atoms with E-state index in [9.17, 15) is 14.4 Å². The lowest BCUT2D eigenvalue weighted by atomic mass is 10.0. The highest BCUT2D eigenvalue weighted by Crippen LogP contribution is 2.27. The molecule has 1 aliphatic rings. The van der Waals surface area contributed by atoms with E-state index in [1.807, 2.05) is 31.2 Å². The number of anilines is 2. The van der Waals surface area contributed by atoms with Crippen LogP contribution in [0, 0.1) is 6.92 Å². The van der Waals surface area contributed by atoms with E-state index in [0.29, 0.717) is 28.6 Å². The maximum absolute atomic E-state index is 12.8. The molecule has 0 spiro atoms. The zero-order valence-corrected chi connectivity index (χ0v) is 21.4. The molecule has 3 amide bonds. The number of benzene rings is 2. The van der Waals surface area contributed by atoms with Gasteiger partial charge in [-0.2, -0.15) is 0 Å². The zero-order valence-electron chi connectivity index (χ0n) is 21.4. The average molecular weight is 512 g/mol. The summed E-state index contributed by atoms with van der Waals surface area (Å²) in [5.74, 6) is -0.484. The topological polar surface area (TPSA) is 156 Å². The molecule has 3 atom stereocenters. The first-order valence-corrected chi connectivity index (χ1v) is 11.8. The van der Waals surface area contributed by atoms with Gasteiger partial charge in [-0.15, -0.1) is 0 Å². The van der Waals surface area contributed by atoms with Crippen LogP contribution in [0.4, 0.5) is 16.2 Å². The molecule has 1 aliphatic heterocycles. The van der Waals surface area contributed by atoms with Gasteiger partial charge >= 0.3 is 12.0 Å². The first-order chi connectivity index (χ1) is 17.6. The normalized spacial score (nSPS) is 17.3. The number of aliphatic carboxylic acids is 1. The fraction of sp³-hybridized carbons (Fsp3) is 0.385. The summed E-state index contributed by atoms with van der Waals surface area (Å²) in [6.45, 7) is 3.84. The van der Waals surface area contributed by atoms with Crippen LogP contribution in [0.5, 0.6) is 5.75 Å². The Morgan fingerprint density at radius 3 is 2.57 bits per heavy atom. The quantitative estimate of drug-likeness (QED) is 0.382. The number of nitrogens with one attached hydrogen (secondary N) is 2. The van der Waals surface area contributed by atoms with Crippen molar-refractivity contribution in [3.8, 4) is 5.75 Å². The number of rotatable bonds is 10. The van der Waals surface area contributed by atoms with Gasteiger partial charge in [0.15, 0.2) is 0 Å². The number of carbonyl (C=O) groups is 3. The van der Waals surface area contributed by atoms with Crippen LogP contribution in [0.3, 0.4) is 0 Å². The van der Waals surface area contributed by atoms with Crippen molar-refractivity contribution < 1.29 is 29.0 Å². The third kappa shape index (κ3) is 7.43. The highest BCUT2D eigenvalue weighted by atomic mass is 16.5. The zero-order chi connectivity index (χ0) is 27.1. The van der Waals surface area contributed by atoms with Crippen molar-refractivity contribution in [2.75, 3.05) is 31.3 Å². The van der Waals surface area contributed by atoms with Crippen LogP contribution >= 0.6 is 0 Å². The second-order valence-corrected chi connectivity index (χ2v) is 8.95. The van der Waals surface area contributed by atoms with E-state index >= 15 is 0 Å². The molecule has 0 fully saturated rings. The number of urea groups is 1. The van der Waals surface area contributed by atoms with Crippen LogP contribution in [-0.4, -0.2) is 72.7 Å². The van der Waals surface area contributed by atoms with Crippen LogP contribution in [0.2, 0.25) is 0 Å². The third-order valence-corrected chi connectivity index (χ3v) is 6.05. The fourth-order valence-electron chi connectivity index (χ4n) is 3.84. The van der Waals surface area contributed by atoms with Gasteiger partial charge in [-0.25, -0.2) is 9.79 Å². The number of methoxy groups -OCH3 is 1. The average Bonchev–Trinajstić information content (AvgIpc) is 3.19. The van der Waals surface area contributed by atoms with Gasteiger partial charge in [0.1, 0.15) is 17.9 Å². The van der Waals surface area contributed by atoms with E-state index < -0.39 is 18.0 Å². The van der Waals surface area contributed by atoms with Gasteiger partial charge in [0.2, 0.25) is 11.8 Å². The Bertz CT molecular complexity index is 1180. The SMILES string of the molecule is COc1cc(CC(=O)N(C)CC2=NC(CC(N)C(=O)O)C(C)O2)ccc1NC(=O)Nc1ccccc1C. The number of amides is 3. The van der Waals surface area contributed by atoms with Gasteiger partial charge in [-0.05, 0) is 49.6 Å². The minimum absolute atomic E-state index is 0.0959. The molecular weight excluding hydrogens is 478 g/mol. The highest BCUT2D eigenvalue weighted by Gasteiger charge is 2.31. The third-order valence-electron chi connectivity index (χ3n) is 6.05. The lowest BCUT2D eigenvalue weighted by Crippen LogP contribution is -2.36. The van der Waals surface area contributed by atoms with Gasteiger partial charge in [-0.3, -0.25) is 9.59 Å². The number of aryl methyl sites for hydroxylation is 1. The largest absolute Gasteiger partial charge is 0.495 e. The van der Waals surface area contributed by atoms with Gasteiger partial charge < -0.3 is 35.8 Å². The molecule has 11 nitrogen and oxygen atoms in total. The van der Waals surface area contributed by atoms with Crippen LogP contribution < -0.4 is 21.1 Å². The number of hydrogen-bond donors (Lipinski definition) is 4. The molecule has 3 rings (SSSR count). The number of para-hydroxylation sites is 1. The molecule has 2 aromatic rings. The van der Waals surface area contributed by atoms with Crippen LogP contribution in [0.1, 0.15) is 24.5 Å². The van der Waals surface area contributed by atoms with E-state index in [2.05, 4.69) is 15.6 Å². The predicted octanol–water partition coefficient (Wildman–Crippen LogP) is 2.64. The molecule has 0 saturated carbocycles. The molecule has 0 aliphatic carbocycles. The Balaban J connectivity index is 1.58. The minimum Gasteiger partial charge on any atom is -0.495 e. The Morgan fingerprint density at radius 2 is 1.89 bits per heavy atom. The van der Waals surface area contributed by atoms with Crippen molar-refractivity contribution in [2.24, 2.45) is 10.7 Å². The Labute approximate surface area is 215 Å². The maximum Gasteiger partial charge on any atom is 0.323 e. The number of aliphatic imine (C=N–C) groups is 1. The standard InChI is InChI=1S/C26H33N5O6/c1-15-7-5-6-8-19(15)29-26(35)30-20-10-9-17(11-22(20)36-4)12-24(32)31(3)14-23-28-21(16(2)37-23)13-18(27)25(33)34/h5-11,16,18,21H,12-14,27H2,1-4H3,(H,33,34)(H2,29,30,35). The molecule has 11 heteroatoms. The second kappa shape index (κ2) is 12.2. The number of ether oxygens (including phenoxy) is 2. The molecule has 5 N–H and O–H groups in total. The number of nitrogens with two attached hydrogens (primary N) is 1. The van der Waals surface area contributed by atoms with Gasteiger partial charge in [-0.1, -0.05) is 24.3 Å². The first-order valence-electron chi connectivity index (χ1n) is 11.8. The van der Waals surface area contributed by atoms with Crippen molar-refractivity contribution >= 4 is 35.2 Å². The second-order valence-electron chi connectivity index (χ2n) is 8.95. The molecular formula is C26H33N5O6. The number of hydrogen-bond acceptors (Lipinski definition) is 7. The van der Waals surface area contributed by atoms with E-state index in [-0.39, 0.29) is 37.4 Å². The van der Waals surface area contributed by atoms with Crippen molar-refractivity contribution in [2.45, 2.75) is 44.9 Å². The number of carboxylic acid groups (broad SMARTS) is 1. The van der Waals surface area contributed by atoms with Crippen molar-refractivity contribution in [3.05, 3.63) is 53.6 Å². The minimum atomic E-state index is -1.09. The number of nitrogens with zero attached hydrogens (tertiary/aromatic N) is 2. The Hall–Kier alpha value is -4.12. The summed E-state index contributed by atoms with van der Waals surface area (Å²) in [6, 6.07) is 10.7. The Morgan fingerprint density at radius 1 is 1.19 bits per heavy atom. The molecule has 1 heterocycles. The summed E-state index contributed by atoms with van der Waals surface area (Å²) in [4.78, 5) is 42.2. The van der Waals surface area contributed by atoms with Gasteiger partial charge in [0.25, 0.3) is 0 Å². The predicted molar refractivity (Wildman–Crippen MR) is 140 cm³/mol. The van der Waals surface area contributed by atoms with E-state index in [1.165, 1.54) is 12.0 Å². The summed E-state index contributed by atoms with van der Waals surface area (Å²) in [5, 5.41) is 14.6. The molecule has 0 saturated heterocycles. The molecule has 0 bridgehead atoms. The lowest BCUT2D eigenvalue weighted by Gasteiger charge is -2.18. The summed E-state index contributed by atoms with van der Waals surface area (Å²) in [5.41, 5.74) is 8.41. The van der Waals surface area contributed by atoms with Crippen LogP contribution in [0.25, 0.3) is 0 Å². The van der Waals surface area contributed by atoms with E-state index in [1.54, 1.807) is 32.2 Å². The molecule has 198 valence electrons. The first kappa shape index (κ1) is 27.5. The summed E-state index contributed by atoms with van der Waals surface area (Å²) in [7, 11) is 3.12. The van der Waals surface area contributed by atoms with E-state index in [4.69, 9.17) is 20.3 Å². The summed E-state index contributed by atoms with van der Waals surface area (Å²) < 4.78 is 11.1. The molecule has 0 aromatic heterocycles. The van der Waals surface area contributed by atoms with Crippen molar-refractivity contribution in [1.82, 2.24) is 4.90 Å².